The molecule has 4 heteroatoms. The SMILES string of the molecule is CSCCN(C)C(=O)c1cc(N)ccc1C. The van der Waals surface area contributed by atoms with Gasteiger partial charge in [0.25, 0.3) is 5.91 Å². The zero-order valence-corrected chi connectivity index (χ0v) is 10.8. The van der Waals surface area contributed by atoms with E-state index in [2.05, 4.69) is 0 Å². The number of thioether (sulfide) groups is 1. The Kier molecular flexibility index (Phi) is 4.68. The highest BCUT2D eigenvalue weighted by atomic mass is 32.2. The molecule has 2 N–H and O–H groups in total. The summed E-state index contributed by atoms with van der Waals surface area (Å²) >= 11 is 1.73. The average molecular weight is 238 g/mol. The summed E-state index contributed by atoms with van der Waals surface area (Å²) in [7, 11) is 1.82. The van der Waals surface area contributed by atoms with Crippen LogP contribution in [-0.2, 0) is 0 Å². The minimum atomic E-state index is 0.0406. The molecule has 1 rings (SSSR count). The van der Waals surface area contributed by atoms with Crippen molar-refractivity contribution in [3.05, 3.63) is 29.3 Å². The van der Waals surface area contributed by atoms with E-state index in [1.807, 2.05) is 32.4 Å². The number of nitrogens with two attached hydrogens (primary N) is 1. The van der Waals surface area contributed by atoms with Crippen LogP contribution in [0, 0.1) is 6.92 Å². The number of benzene rings is 1. The highest BCUT2D eigenvalue weighted by Crippen LogP contribution is 2.14. The lowest BCUT2D eigenvalue weighted by atomic mass is 10.1. The molecule has 1 aromatic carbocycles. The molecule has 0 atom stereocenters. The monoisotopic (exact) mass is 238 g/mol. The Hall–Kier alpha value is -1.16. The molecule has 0 aliphatic rings. The van der Waals surface area contributed by atoms with Gasteiger partial charge in [-0.1, -0.05) is 6.07 Å². The number of hydrogen-bond donors (Lipinski definition) is 1. The number of carbonyl (C=O) groups excluding carboxylic acids is 1. The molecule has 0 unspecified atom stereocenters. The summed E-state index contributed by atoms with van der Waals surface area (Å²) in [6.45, 7) is 2.68. The van der Waals surface area contributed by atoms with Crippen molar-refractivity contribution in [1.82, 2.24) is 4.90 Å². The van der Waals surface area contributed by atoms with Gasteiger partial charge >= 0.3 is 0 Å². The van der Waals surface area contributed by atoms with E-state index in [0.29, 0.717) is 11.3 Å². The van der Waals surface area contributed by atoms with Crippen LogP contribution in [0.5, 0.6) is 0 Å². The number of nitrogen functional groups attached to an aromatic ring is 1. The Morgan fingerprint density at radius 2 is 2.19 bits per heavy atom. The van der Waals surface area contributed by atoms with E-state index < -0.39 is 0 Å². The van der Waals surface area contributed by atoms with Crippen molar-refractivity contribution in [2.45, 2.75) is 6.92 Å². The first-order valence-electron chi connectivity index (χ1n) is 5.16. The third-order valence-electron chi connectivity index (χ3n) is 2.47. The summed E-state index contributed by atoms with van der Waals surface area (Å²) in [4.78, 5) is 13.8. The molecular formula is C12H18N2OS. The van der Waals surface area contributed by atoms with Gasteiger partial charge in [0.2, 0.25) is 0 Å². The fraction of sp³-hybridized carbons (Fsp3) is 0.417. The largest absolute Gasteiger partial charge is 0.399 e. The predicted molar refractivity (Wildman–Crippen MR) is 70.9 cm³/mol. The van der Waals surface area contributed by atoms with E-state index in [-0.39, 0.29) is 5.91 Å². The summed E-state index contributed by atoms with van der Waals surface area (Å²) in [6, 6.07) is 5.44. The van der Waals surface area contributed by atoms with E-state index in [4.69, 9.17) is 5.73 Å². The molecule has 0 fully saturated rings. The molecule has 0 aliphatic heterocycles. The second kappa shape index (κ2) is 5.80. The Balaban J connectivity index is 2.83. The topological polar surface area (TPSA) is 46.3 Å². The van der Waals surface area contributed by atoms with Crippen LogP contribution in [0.2, 0.25) is 0 Å². The van der Waals surface area contributed by atoms with Crippen LogP contribution in [0.25, 0.3) is 0 Å². The van der Waals surface area contributed by atoms with Crippen molar-refractivity contribution >= 4 is 23.4 Å². The molecule has 0 radical (unpaired) electrons. The van der Waals surface area contributed by atoms with Crippen LogP contribution < -0.4 is 5.73 Å². The van der Waals surface area contributed by atoms with E-state index >= 15 is 0 Å². The molecule has 3 nitrogen and oxygen atoms in total. The van der Waals surface area contributed by atoms with Gasteiger partial charge in [0.15, 0.2) is 0 Å². The fourth-order valence-electron chi connectivity index (χ4n) is 1.41. The maximum atomic E-state index is 12.1. The first-order valence-corrected chi connectivity index (χ1v) is 6.56. The Labute approximate surface area is 101 Å². The highest BCUT2D eigenvalue weighted by molar-refractivity contribution is 7.98. The lowest BCUT2D eigenvalue weighted by molar-refractivity contribution is 0.0803. The molecule has 0 saturated heterocycles. The molecule has 16 heavy (non-hydrogen) atoms. The van der Waals surface area contributed by atoms with Crippen LogP contribution >= 0.6 is 11.8 Å². The van der Waals surface area contributed by atoms with E-state index in [1.54, 1.807) is 22.7 Å². The average Bonchev–Trinajstić information content (AvgIpc) is 2.28. The van der Waals surface area contributed by atoms with Crippen molar-refractivity contribution in [2.75, 3.05) is 31.3 Å². The van der Waals surface area contributed by atoms with Gasteiger partial charge in [0, 0.05) is 30.6 Å². The van der Waals surface area contributed by atoms with Crippen molar-refractivity contribution in [1.29, 1.82) is 0 Å². The van der Waals surface area contributed by atoms with Gasteiger partial charge in [-0.15, -0.1) is 0 Å². The Bertz CT molecular complexity index is 379. The van der Waals surface area contributed by atoms with Crippen molar-refractivity contribution in [2.24, 2.45) is 0 Å². The van der Waals surface area contributed by atoms with Crippen LogP contribution in [-0.4, -0.2) is 36.4 Å². The van der Waals surface area contributed by atoms with Gasteiger partial charge < -0.3 is 10.6 Å². The molecule has 0 spiro atoms. The summed E-state index contributed by atoms with van der Waals surface area (Å²) in [6.07, 6.45) is 2.03. The number of aryl methyl sites for hydroxylation is 1. The van der Waals surface area contributed by atoms with Gasteiger partial charge in [-0.2, -0.15) is 11.8 Å². The minimum Gasteiger partial charge on any atom is -0.399 e. The van der Waals surface area contributed by atoms with Gasteiger partial charge in [-0.3, -0.25) is 4.79 Å². The predicted octanol–water partition coefficient (Wildman–Crippen LogP) is 2.01. The second-order valence-electron chi connectivity index (χ2n) is 3.79. The van der Waals surface area contributed by atoms with E-state index in [9.17, 15) is 4.79 Å². The lowest BCUT2D eigenvalue weighted by Crippen LogP contribution is -2.29. The lowest BCUT2D eigenvalue weighted by Gasteiger charge is -2.18. The quantitative estimate of drug-likeness (QED) is 0.816. The Morgan fingerprint density at radius 3 is 2.81 bits per heavy atom. The summed E-state index contributed by atoms with van der Waals surface area (Å²) in [5.41, 5.74) is 7.99. The van der Waals surface area contributed by atoms with Gasteiger partial charge in [-0.05, 0) is 30.9 Å². The third-order valence-corrected chi connectivity index (χ3v) is 3.06. The maximum absolute atomic E-state index is 12.1. The molecule has 0 saturated carbocycles. The van der Waals surface area contributed by atoms with Gasteiger partial charge in [-0.25, -0.2) is 0 Å². The van der Waals surface area contributed by atoms with Crippen LogP contribution in [0.15, 0.2) is 18.2 Å². The molecule has 0 heterocycles. The fourth-order valence-corrected chi connectivity index (χ4v) is 1.86. The van der Waals surface area contributed by atoms with Crippen molar-refractivity contribution in [3.63, 3.8) is 0 Å². The smallest absolute Gasteiger partial charge is 0.253 e. The summed E-state index contributed by atoms with van der Waals surface area (Å²) in [5.74, 6) is 0.989. The molecule has 0 aliphatic carbocycles. The van der Waals surface area contributed by atoms with Crippen molar-refractivity contribution < 1.29 is 4.79 Å². The molecule has 1 amide bonds. The van der Waals surface area contributed by atoms with Crippen LogP contribution in [0.3, 0.4) is 0 Å². The van der Waals surface area contributed by atoms with Gasteiger partial charge in [0.05, 0.1) is 0 Å². The molecule has 1 aromatic rings. The van der Waals surface area contributed by atoms with Gasteiger partial charge in [0.1, 0.15) is 0 Å². The van der Waals surface area contributed by atoms with Crippen LogP contribution in [0.1, 0.15) is 15.9 Å². The maximum Gasteiger partial charge on any atom is 0.253 e. The number of hydrogen-bond acceptors (Lipinski definition) is 3. The van der Waals surface area contributed by atoms with Crippen LogP contribution in [0.4, 0.5) is 5.69 Å². The number of nitrogens with zero attached hydrogens (tertiary/aromatic N) is 1. The number of anilines is 1. The summed E-state index contributed by atoms with van der Waals surface area (Å²) < 4.78 is 0. The number of rotatable bonds is 4. The van der Waals surface area contributed by atoms with E-state index in [1.165, 1.54) is 0 Å². The molecule has 0 bridgehead atoms. The Morgan fingerprint density at radius 1 is 1.50 bits per heavy atom. The molecular weight excluding hydrogens is 220 g/mol. The van der Waals surface area contributed by atoms with E-state index in [0.717, 1.165) is 17.9 Å². The third kappa shape index (κ3) is 3.17. The zero-order valence-electron chi connectivity index (χ0n) is 9.99. The van der Waals surface area contributed by atoms with Crippen molar-refractivity contribution in [3.8, 4) is 0 Å². The zero-order chi connectivity index (χ0) is 12.1. The molecule has 0 aromatic heterocycles. The standard InChI is InChI=1S/C12H18N2OS/c1-9-4-5-10(13)8-11(9)12(15)14(2)6-7-16-3/h4-5,8H,6-7,13H2,1-3H3. The number of carbonyl (C=O) groups is 1. The summed E-state index contributed by atoms with van der Waals surface area (Å²) in [5, 5.41) is 0. The first kappa shape index (κ1) is 12.9. The molecule has 88 valence electrons. The highest BCUT2D eigenvalue weighted by Gasteiger charge is 2.13. The normalized spacial score (nSPS) is 10.2. The minimum absolute atomic E-state index is 0.0406. The second-order valence-corrected chi connectivity index (χ2v) is 4.78. The first-order chi connectivity index (χ1) is 7.56. The number of amides is 1.